The summed E-state index contributed by atoms with van der Waals surface area (Å²) in [5.74, 6) is -0.216. The van der Waals surface area contributed by atoms with Gasteiger partial charge in [0.1, 0.15) is 6.61 Å². The van der Waals surface area contributed by atoms with E-state index in [0.29, 0.717) is 6.42 Å². The molecule has 0 aliphatic heterocycles. The molecule has 142 valence electrons. The van der Waals surface area contributed by atoms with Crippen molar-refractivity contribution in [2.75, 3.05) is 13.2 Å². The van der Waals surface area contributed by atoms with Crippen LogP contribution in [0.2, 0.25) is 0 Å². The summed E-state index contributed by atoms with van der Waals surface area (Å²) in [5, 5.41) is 8.57. The minimum atomic E-state index is -0.216. The normalized spacial score (nSPS) is 10.8. The molecule has 0 atom stereocenters. The van der Waals surface area contributed by atoms with Crippen molar-refractivity contribution in [2.45, 2.75) is 103 Å². The smallest absolute Gasteiger partial charge is 0.305 e. The number of ether oxygens (including phenoxy) is 1. The first kappa shape index (κ1) is 23.2. The molecule has 0 radical (unpaired) electrons. The van der Waals surface area contributed by atoms with Crippen molar-refractivity contribution >= 4 is 5.97 Å². The Morgan fingerprint density at radius 2 is 1.29 bits per heavy atom. The highest BCUT2D eigenvalue weighted by molar-refractivity contribution is 5.69. The number of aliphatic hydroxyl groups excluding tert-OH is 1. The van der Waals surface area contributed by atoms with Crippen molar-refractivity contribution in [1.82, 2.24) is 0 Å². The summed E-state index contributed by atoms with van der Waals surface area (Å²) < 4.78 is 4.83. The molecular formula is C21H40O3. The van der Waals surface area contributed by atoms with Gasteiger partial charge in [-0.3, -0.25) is 4.79 Å². The average molecular weight is 341 g/mol. The second kappa shape index (κ2) is 18.5. The third kappa shape index (κ3) is 17.5. The molecule has 0 aromatic heterocycles. The summed E-state index contributed by atoms with van der Waals surface area (Å²) in [6.45, 7) is 6.38. The van der Waals surface area contributed by atoms with Crippen LogP contribution in [0.5, 0.6) is 0 Å². The Kier molecular flexibility index (Phi) is 17.9. The van der Waals surface area contributed by atoms with E-state index in [9.17, 15) is 4.79 Å². The molecule has 24 heavy (non-hydrogen) atoms. The van der Waals surface area contributed by atoms with Crippen LogP contribution in [0.15, 0.2) is 12.2 Å². The molecule has 0 unspecified atom stereocenters. The van der Waals surface area contributed by atoms with Crippen LogP contribution >= 0.6 is 0 Å². The molecule has 0 aromatic carbocycles. The molecule has 1 N–H and O–H groups in total. The van der Waals surface area contributed by atoms with Crippen LogP contribution in [0.4, 0.5) is 0 Å². The number of allylic oxidation sites excluding steroid dienone is 1. The first-order valence-electron chi connectivity index (χ1n) is 10.1. The second-order valence-corrected chi connectivity index (χ2v) is 6.83. The van der Waals surface area contributed by atoms with Crippen LogP contribution in [0.3, 0.4) is 0 Å². The number of unbranched alkanes of at least 4 members (excludes halogenated alkanes) is 10. The lowest BCUT2D eigenvalue weighted by Crippen LogP contribution is -2.08. The van der Waals surface area contributed by atoms with Crippen molar-refractivity contribution in [2.24, 2.45) is 0 Å². The zero-order valence-electron chi connectivity index (χ0n) is 16.0. The van der Waals surface area contributed by atoms with E-state index < -0.39 is 0 Å². The molecule has 0 heterocycles. The Hall–Kier alpha value is -0.830. The van der Waals surface area contributed by atoms with Crippen LogP contribution in [0.1, 0.15) is 103 Å². The average Bonchev–Trinajstić information content (AvgIpc) is 2.57. The third-order valence-corrected chi connectivity index (χ3v) is 4.40. The number of hydrogen-bond donors (Lipinski definition) is 1. The fourth-order valence-corrected chi connectivity index (χ4v) is 2.88. The molecule has 0 amide bonds. The molecule has 3 heteroatoms. The predicted molar refractivity (Wildman–Crippen MR) is 102 cm³/mol. The van der Waals surface area contributed by atoms with Gasteiger partial charge in [0.05, 0.1) is 6.61 Å². The van der Waals surface area contributed by atoms with Gasteiger partial charge in [-0.05, 0) is 25.7 Å². The van der Waals surface area contributed by atoms with E-state index in [-0.39, 0.29) is 19.2 Å². The molecule has 0 aliphatic carbocycles. The fourth-order valence-electron chi connectivity index (χ4n) is 2.88. The van der Waals surface area contributed by atoms with E-state index in [4.69, 9.17) is 9.84 Å². The van der Waals surface area contributed by atoms with Crippen molar-refractivity contribution < 1.29 is 14.6 Å². The summed E-state index contributed by atoms with van der Waals surface area (Å²) >= 11 is 0. The third-order valence-electron chi connectivity index (χ3n) is 4.40. The lowest BCUT2D eigenvalue weighted by molar-refractivity contribution is -0.144. The van der Waals surface area contributed by atoms with Crippen LogP contribution in [-0.4, -0.2) is 24.3 Å². The Bertz CT molecular complexity index is 299. The monoisotopic (exact) mass is 340 g/mol. The maximum Gasteiger partial charge on any atom is 0.305 e. The molecule has 0 spiro atoms. The maximum absolute atomic E-state index is 11.3. The topological polar surface area (TPSA) is 46.5 Å². The second-order valence-electron chi connectivity index (χ2n) is 6.83. The highest BCUT2D eigenvalue weighted by atomic mass is 16.5. The fraction of sp³-hybridized carbons (Fsp3) is 0.857. The highest BCUT2D eigenvalue weighted by Crippen LogP contribution is 2.16. The maximum atomic E-state index is 11.3. The largest absolute Gasteiger partial charge is 0.463 e. The Balaban J connectivity index is 3.24. The van der Waals surface area contributed by atoms with Gasteiger partial charge in [0.25, 0.3) is 0 Å². The molecule has 0 aromatic rings. The first-order chi connectivity index (χ1) is 11.7. The van der Waals surface area contributed by atoms with E-state index in [1.165, 1.54) is 76.2 Å². The van der Waals surface area contributed by atoms with E-state index in [0.717, 1.165) is 19.3 Å². The minimum absolute atomic E-state index is 0.0999. The summed E-state index contributed by atoms with van der Waals surface area (Å²) in [6.07, 6.45) is 18.2. The Morgan fingerprint density at radius 3 is 1.83 bits per heavy atom. The minimum Gasteiger partial charge on any atom is -0.463 e. The quantitative estimate of drug-likeness (QED) is 0.190. The van der Waals surface area contributed by atoms with Gasteiger partial charge in [0.15, 0.2) is 0 Å². The molecule has 0 saturated carbocycles. The molecule has 0 fully saturated rings. The van der Waals surface area contributed by atoms with Crippen molar-refractivity contribution in [3.8, 4) is 0 Å². The lowest BCUT2D eigenvalue weighted by Gasteiger charge is -2.06. The molecule has 0 saturated heterocycles. The Morgan fingerprint density at radius 1 is 0.792 bits per heavy atom. The van der Waals surface area contributed by atoms with Crippen LogP contribution in [0.25, 0.3) is 0 Å². The summed E-state index contributed by atoms with van der Waals surface area (Å²) in [5.41, 5.74) is 1.25. The Labute approximate surface area is 149 Å². The van der Waals surface area contributed by atoms with Crippen LogP contribution in [0, 0.1) is 0 Å². The van der Waals surface area contributed by atoms with Crippen molar-refractivity contribution in [3.63, 3.8) is 0 Å². The first-order valence-corrected chi connectivity index (χ1v) is 10.1. The van der Waals surface area contributed by atoms with Gasteiger partial charge in [-0.2, -0.15) is 0 Å². The summed E-state index contributed by atoms with van der Waals surface area (Å²) in [4.78, 5) is 11.3. The zero-order valence-corrected chi connectivity index (χ0v) is 16.0. The summed E-state index contributed by atoms with van der Waals surface area (Å²) in [7, 11) is 0. The predicted octanol–water partition coefficient (Wildman–Crippen LogP) is 5.95. The number of carbonyl (C=O) groups is 1. The van der Waals surface area contributed by atoms with E-state index in [1.807, 2.05) is 0 Å². The van der Waals surface area contributed by atoms with Gasteiger partial charge in [-0.25, -0.2) is 0 Å². The van der Waals surface area contributed by atoms with Gasteiger partial charge in [-0.1, -0.05) is 83.3 Å². The SMILES string of the molecule is C=C(CCCCCCCCCCCCC)CCCC(=O)OCCO. The van der Waals surface area contributed by atoms with Gasteiger partial charge in [0, 0.05) is 6.42 Å². The molecule has 3 nitrogen and oxygen atoms in total. The summed E-state index contributed by atoms with van der Waals surface area (Å²) in [6, 6.07) is 0. The number of esters is 1. The highest BCUT2D eigenvalue weighted by Gasteiger charge is 2.03. The van der Waals surface area contributed by atoms with Crippen molar-refractivity contribution in [1.29, 1.82) is 0 Å². The lowest BCUT2D eigenvalue weighted by atomic mass is 10.0. The van der Waals surface area contributed by atoms with Crippen molar-refractivity contribution in [3.05, 3.63) is 12.2 Å². The zero-order chi connectivity index (χ0) is 17.9. The van der Waals surface area contributed by atoms with E-state index in [1.54, 1.807) is 0 Å². The number of hydrogen-bond acceptors (Lipinski definition) is 3. The van der Waals surface area contributed by atoms with Gasteiger partial charge >= 0.3 is 5.97 Å². The number of carbonyl (C=O) groups excluding carboxylic acids is 1. The molecule has 0 rings (SSSR count). The number of aliphatic hydroxyl groups is 1. The van der Waals surface area contributed by atoms with Crippen LogP contribution < -0.4 is 0 Å². The standard InChI is InChI=1S/C21H40O3/c1-3-4-5-6-7-8-9-10-11-12-13-15-20(2)16-14-17-21(23)24-19-18-22/h22H,2-19H2,1H3. The van der Waals surface area contributed by atoms with Crippen LogP contribution in [-0.2, 0) is 9.53 Å². The molecule has 0 bridgehead atoms. The number of rotatable bonds is 18. The van der Waals surface area contributed by atoms with E-state index in [2.05, 4.69) is 13.5 Å². The van der Waals surface area contributed by atoms with Gasteiger partial charge in [0.2, 0.25) is 0 Å². The molecule has 0 aliphatic rings. The van der Waals surface area contributed by atoms with Gasteiger partial charge < -0.3 is 9.84 Å². The molecular weight excluding hydrogens is 300 g/mol. The van der Waals surface area contributed by atoms with Gasteiger partial charge in [-0.15, -0.1) is 0 Å². The van der Waals surface area contributed by atoms with E-state index >= 15 is 0 Å².